The second-order valence-corrected chi connectivity index (χ2v) is 6.22. The van der Waals surface area contributed by atoms with Gasteiger partial charge in [-0.3, -0.25) is 4.79 Å². The molecule has 116 valence electrons. The fourth-order valence-electron chi connectivity index (χ4n) is 1.79. The molecule has 1 N–H and O–H groups in total. The number of benzene rings is 2. The van der Waals surface area contributed by atoms with Crippen LogP contribution >= 0.6 is 23.4 Å². The number of hydrogen-bond donors (Lipinski definition) is 1. The van der Waals surface area contributed by atoms with Crippen LogP contribution in [0.3, 0.4) is 0 Å². The van der Waals surface area contributed by atoms with E-state index in [4.69, 9.17) is 16.3 Å². The molecular formula is C17H18ClNO2S. The third-order valence-electron chi connectivity index (χ3n) is 2.92. The highest BCUT2D eigenvalue weighted by Gasteiger charge is 2.15. The molecule has 0 aromatic heterocycles. The maximum atomic E-state index is 12.0. The minimum absolute atomic E-state index is 0.145. The van der Waals surface area contributed by atoms with Gasteiger partial charge in [-0.1, -0.05) is 41.9 Å². The molecule has 2 rings (SSSR count). The number of amides is 1. The third kappa shape index (κ3) is 5.28. The number of hydrogen-bond acceptors (Lipinski definition) is 3. The molecule has 3 nitrogen and oxygen atoms in total. The number of carbonyl (C=O) groups excluding carboxylic acids is 1. The fraction of sp³-hybridized carbons (Fsp3) is 0.235. The molecule has 0 spiro atoms. The van der Waals surface area contributed by atoms with Crippen molar-refractivity contribution in [3.05, 3.63) is 59.6 Å². The van der Waals surface area contributed by atoms with Crippen LogP contribution in [-0.2, 0) is 4.79 Å². The van der Waals surface area contributed by atoms with Crippen molar-refractivity contribution < 1.29 is 9.53 Å². The van der Waals surface area contributed by atoms with Crippen LogP contribution in [0.1, 0.15) is 6.92 Å². The molecule has 0 saturated carbocycles. The Labute approximate surface area is 140 Å². The summed E-state index contributed by atoms with van der Waals surface area (Å²) in [5, 5.41) is 3.37. The van der Waals surface area contributed by atoms with Gasteiger partial charge in [0.15, 0.2) is 6.10 Å². The number of thioether (sulfide) groups is 1. The predicted molar refractivity (Wildman–Crippen MR) is 91.7 cm³/mol. The van der Waals surface area contributed by atoms with Crippen molar-refractivity contribution in [3.8, 4) is 5.75 Å². The van der Waals surface area contributed by atoms with Crippen LogP contribution in [0.5, 0.6) is 5.75 Å². The highest BCUT2D eigenvalue weighted by molar-refractivity contribution is 7.99. The summed E-state index contributed by atoms with van der Waals surface area (Å²) < 4.78 is 5.57. The molecule has 0 bridgehead atoms. The predicted octanol–water partition coefficient (Wildman–Crippen LogP) is 4.02. The standard InChI is InChI=1S/C17H18ClNO2S/c1-13(21-16-10-6-5-9-15(16)18)17(20)19-11-12-22-14-7-3-2-4-8-14/h2-10,13H,11-12H2,1H3,(H,19,20)/t13-/m0/s1. The summed E-state index contributed by atoms with van der Waals surface area (Å²) in [6, 6.07) is 17.2. The molecule has 0 aliphatic heterocycles. The Balaban J connectivity index is 1.71. The molecule has 0 aliphatic rings. The number of rotatable bonds is 7. The van der Waals surface area contributed by atoms with Crippen molar-refractivity contribution in [1.82, 2.24) is 5.32 Å². The van der Waals surface area contributed by atoms with Crippen LogP contribution in [0.2, 0.25) is 5.02 Å². The van der Waals surface area contributed by atoms with Crippen molar-refractivity contribution in [2.24, 2.45) is 0 Å². The largest absolute Gasteiger partial charge is 0.479 e. The molecule has 0 radical (unpaired) electrons. The summed E-state index contributed by atoms with van der Waals surface area (Å²) in [6.07, 6.45) is -0.582. The van der Waals surface area contributed by atoms with Crippen LogP contribution in [0.15, 0.2) is 59.5 Å². The molecule has 22 heavy (non-hydrogen) atoms. The van der Waals surface area contributed by atoms with Crippen molar-refractivity contribution in [3.63, 3.8) is 0 Å². The summed E-state index contributed by atoms with van der Waals surface area (Å²) in [5.74, 6) is 1.19. The van der Waals surface area contributed by atoms with E-state index in [9.17, 15) is 4.79 Å². The number of ether oxygens (including phenoxy) is 1. The first-order valence-electron chi connectivity index (χ1n) is 7.03. The average Bonchev–Trinajstić information content (AvgIpc) is 2.54. The minimum Gasteiger partial charge on any atom is -0.479 e. The van der Waals surface area contributed by atoms with Gasteiger partial charge in [0, 0.05) is 17.2 Å². The molecule has 2 aromatic rings. The number of para-hydroxylation sites is 1. The third-order valence-corrected chi connectivity index (χ3v) is 4.25. The van der Waals surface area contributed by atoms with Gasteiger partial charge in [-0.2, -0.15) is 0 Å². The first kappa shape index (κ1) is 16.7. The lowest BCUT2D eigenvalue weighted by molar-refractivity contribution is -0.127. The topological polar surface area (TPSA) is 38.3 Å². The Kier molecular flexibility index (Phi) is 6.62. The van der Waals surface area contributed by atoms with Gasteiger partial charge in [0.25, 0.3) is 5.91 Å². The summed E-state index contributed by atoms with van der Waals surface area (Å²) in [6.45, 7) is 2.30. The number of carbonyl (C=O) groups is 1. The van der Waals surface area contributed by atoms with Crippen molar-refractivity contribution >= 4 is 29.3 Å². The van der Waals surface area contributed by atoms with Crippen molar-refractivity contribution in [1.29, 1.82) is 0 Å². The number of nitrogens with one attached hydrogen (secondary N) is 1. The van der Waals surface area contributed by atoms with E-state index in [1.807, 2.05) is 30.3 Å². The Bertz CT molecular complexity index is 607. The first-order valence-corrected chi connectivity index (χ1v) is 8.40. The molecule has 0 heterocycles. The smallest absolute Gasteiger partial charge is 0.260 e. The molecule has 0 aliphatic carbocycles. The van der Waals surface area contributed by atoms with Gasteiger partial charge in [-0.25, -0.2) is 0 Å². The van der Waals surface area contributed by atoms with E-state index < -0.39 is 6.10 Å². The Morgan fingerprint density at radius 2 is 1.86 bits per heavy atom. The van der Waals surface area contributed by atoms with Crippen LogP contribution < -0.4 is 10.1 Å². The summed E-state index contributed by atoms with van der Waals surface area (Å²) in [5.41, 5.74) is 0. The maximum absolute atomic E-state index is 12.0. The Morgan fingerprint density at radius 3 is 2.59 bits per heavy atom. The molecule has 2 aromatic carbocycles. The quantitative estimate of drug-likeness (QED) is 0.613. The lowest BCUT2D eigenvalue weighted by Gasteiger charge is -2.15. The normalized spacial score (nSPS) is 11.7. The van der Waals surface area contributed by atoms with Gasteiger partial charge in [-0.05, 0) is 31.2 Å². The SMILES string of the molecule is C[C@H](Oc1ccccc1Cl)C(=O)NCCSc1ccccc1. The van der Waals surface area contributed by atoms with Gasteiger partial charge < -0.3 is 10.1 Å². The number of halogens is 1. The van der Waals surface area contributed by atoms with E-state index in [2.05, 4.69) is 17.4 Å². The van der Waals surface area contributed by atoms with Crippen LogP contribution in [0.25, 0.3) is 0 Å². The van der Waals surface area contributed by atoms with E-state index in [1.54, 1.807) is 30.8 Å². The second-order valence-electron chi connectivity index (χ2n) is 4.64. The van der Waals surface area contributed by atoms with E-state index in [0.29, 0.717) is 17.3 Å². The Hall–Kier alpha value is -1.65. The van der Waals surface area contributed by atoms with E-state index in [-0.39, 0.29) is 5.91 Å². The maximum Gasteiger partial charge on any atom is 0.260 e. The van der Waals surface area contributed by atoms with Gasteiger partial charge in [0.1, 0.15) is 5.75 Å². The lowest BCUT2D eigenvalue weighted by Crippen LogP contribution is -2.37. The summed E-state index contributed by atoms with van der Waals surface area (Å²) >= 11 is 7.71. The average molecular weight is 336 g/mol. The van der Waals surface area contributed by atoms with Crippen LogP contribution in [0, 0.1) is 0 Å². The fourth-order valence-corrected chi connectivity index (χ4v) is 2.76. The zero-order chi connectivity index (χ0) is 15.8. The highest BCUT2D eigenvalue weighted by atomic mass is 35.5. The molecule has 5 heteroatoms. The van der Waals surface area contributed by atoms with Crippen molar-refractivity contribution in [2.45, 2.75) is 17.9 Å². The van der Waals surface area contributed by atoms with Gasteiger partial charge in [0.05, 0.1) is 5.02 Å². The van der Waals surface area contributed by atoms with E-state index in [0.717, 1.165) is 5.75 Å². The summed E-state index contributed by atoms with van der Waals surface area (Å²) in [7, 11) is 0. The molecule has 0 fully saturated rings. The highest BCUT2D eigenvalue weighted by Crippen LogP contribution is 2.24. The monoisotopic (exact) mass is 335 g/mol. The van der Waals surface area contributed by atoms with Gasteiger partial charge in [0.2, 0.25) is 0 Å². The van der Waals surface area contributed by atoms with Crippen molar-refractivity contribution in [2.75, 3.05) is 12.3 Å². The Morgan fingerprint density at radius 1 is 1.18 bits per heavy atom. The molecule has 1 amide bonds. The minimum atomic E-state index is -0.582. The zero-order valence-electron chi connectivity index (χ0n) is 12.3. The molecule has 0 saturated heterocycles. The van der Waals surface area contributed by atoms with Gasteiger partial charge in [-0.15, -0.1) is 11.8 Å². The lowest BCUT2D eigenvalue weighted by atomic mass is 10.3. The van der Waals surface area contributed by atoms with Crippen LogP contribution in [-0.4, -0.2) is 24.3 Å². The second kappa shape index (κ2) is 8.71. The zero-order valence-corrected chi connectivity index (χ0v) is 13.9. The first-order chi connectivity index (χ1) is 10.7. The molecule has 1 atom stereocenters. The summed E-state index contributed by atoms with van der Waals surface area (Å²) in [4.78, 5) is 13.2. The molecule has 0 unspecified atom stereocenters. The van der Waals surface area contributed by atoms with E-state index >= 15 is 0 Å². The molecular weight excluding hydrogens is 318 g/mol. The van der Waals surface area contributed by atoms with Crippen LogP contribution in [0.4, 0.5) is 0 Å². The van der Waals surface area contributed by atoms with Gasteiger partial charge >= 0.3 is 0 Å². The van der Waals surface area contributed by atoms with E-state index in [1.165, 1.54) is 4.90 Å².